The Hall–Kier alpha value is -1.67. The van der Waals surface area contributed by atoms with Crippen molar-refractivity contribution < 1.29 is 62.0 Å². The number of amides is 1. The molecule has 2 heterocycles. The normalized spacial score (nSPS) is 18.8. The van der Waals surface area contributed by atoms with E-state index in [1.807, 2.05) is 0 Å². The second-order valence-corrected chi connectivity index (χ2v) is 9.76. The van der Waals surface area contributed by atoms with Gasteiger partial charge < -0.3 is 19.3 Å². The number of thiocarbonyl (C=S) groups is 1. The Morgan fingerprint density at radius 1 is 1.31 bits per heavy atom. The number of carbonyl (C=O) groups is 2. The summed E-state index contributed by atoms with van der Waals surface area (Å²) in [5.74, 6) is -1.37. The summed E-state index contributed by atoms with van der Waals surface area (Å²) < 4.78 is 39.1. The smallest absolute Gasteiger partial charge is 0.748 e. The van der Waals surface area contributed by atoms with Crippen molar-refractivity contribution in [2.45, 2.75) is 6.92 Å². The molecule has 9 nitrogen and oxygen atoms in total. The zero-order chi connectivity index (χ0) is 22.8. The van der Waals surface area contributed by atoms with Crippen LogP contribution in [0.15, 0.2) is 58.9 Å². The van der Waals surface area contributed by atoms with Gasteiger partial charge in [-0.1, -0.05) is 42.2 Å². The van der Waals surface area contributed by atoms with E-state index in [-0.39, 0.29) is 40.4 Å². The minimum absolute atomic E-state index is 0. The van der Waals surface area contributed by atoms with Crippen molar-refractivity contribution in [2.75, 3.05) is 23.7 Å². The number of carboxylic acids is 1. The van der Waals surface area contributed by atoms with Crippen LogP contribution in [0, 0.1) is 0 Å². The first-order chi connectivity index (χ1) is 14.5. The molecule has 1 N–H and O–H groups in total. The molecule has 0 bridgehead atoms. The summed E-state index contributed by atoms with van der Waals surface area (Å²) in [6, 6.07) is 7.01. The third-order valence-electron chi connectivity index (χ3n) is 4.22. The number of hydrogen-bond donors (Lipinski definition) is 1. The summed E-state index contributed by atoms with van der Waals surface area (Å²) in [5, 5.41) is 8.90. The second kappa shape index (κ2) is 11.0. The number of para-hydroxylation sites is 2. The van der Waals surface area contributed by atoms with E-state index in [2.05, 4.69) is 0 Å². The molecule has 0 radical (unpaired) electrons. The molecule has 1 amide bonds. The van der Waals surface area contributed by atoms with Gasteiger partial charge in [0.05, 0.1) is 26.5 Å². The summed E-state index contributed by atoms with van der Waals surface area (Å²) in [6.45, 7) is 1.16. The van der Waals surface area contributed by atoms with Crippen LogP contribution >= 0.6 is 24.0 Å². The van der Waals surface area contributed by atoms with Gasteiger partial charge in [-0.05, 0) is 36.8 Å². The van der Waals surface area contributed by atoms with Crippen molar-refractivity contribution in [2.24, 2.45) is 0 Å². The number of nitrogens with zero attached hydrogens (tertiary/aromatic N) is 2. The van der Waals surface area contributed by atoms with Crippen LogP contribution in [0.1, 0.15) is 6.92 Å². The number of aliphatic carboxylic acids is 1. The van der Waals surface area contributed by atoms with Gasteiger partial charge in [-0.15, -0.1) is 0 Å². The maximum Gasteiger partial charge on any atom is 1.00 e. The second-order valence-electron chi connectivity index (χ2n) is 6.56. The fourth-order valence-electron chi connectivity index (χ4n) is 2.84. The fraction of sp³-hybridized carbons (Fsp3) is 0.211. The Morgan fingerprint density at radius 3 is 2.66 bits per heavy atom. The van der Waals surface area contributed by atoms with Gasteiger partial charge >= 0.3 is 35.5 Å². The topological polar surface area (TPSA) is 127 Å². The first-order valence-electron chi connectivity index (χ1n) is 8.89. The van der Waals surface area contributed by atoms with Crippen LogP contribution in [0.4, 0.5) is 5.69 Å². The Bertz CT molecular complexity index is 1150. The minimum Gasteiger partial charge on any atom is -0.748 e. The number of rotatable bonds is 7. The van der Waals surface area contributed by atoms with Gasteiger partial charge in [0.15, 0.2) is 5.75 Å². The molecule has 1 fully saturated rings. The number of anilines is 1. The average molecular weight is 505 g/mol. The molecule has 164 valence electrons. The number of carboxylic acid groups (broad SMARTS) is 1. The zero-order valence-electron chi connectivity index (χ0n) is 17.2. The molecule has 1 aromatic carbocycles. The third-order valence-corrected chi connectivity index (χ3v) is 6.28. The van der Waals surface area contributed by atoms with E-state index >= 15 is 0 Å². The molecule has 13 heteroatoms. The number of benzene rings is 1. The first kappa shape index (κ1) is 26.6. The molecule has 0 aromatic heterocycles. The molecule has 1 aromatic rings. The molecule has 2 aliphatic heterocycles. The Balaban J connectivity index is 0.00000363. The van der Waals surface area contributed by atoms with Crippen LogP contribution in [-0.4, -0.2) is 58.0 Å². The Kier molecular flexibility index (Phi) is 9.11. The van der Waals surface area contributed by atoms with Crippen molar-refractivity contribution in [3.05, 3.63) is 58.9 Å². The molecular weight excluding hydrogens is 487 g/mol. The van der Waals surface area contributed by atoms with E-state index in [4.69, 9.17) is 22.1 Å². The predicted molar refractivity (Wildman–Crippen MR) is 118 cm³/mol. The van der Waals surface area contributed by atoms with E-state index in [1.165, 1.54) is 0 Å². The molecule has 0 atom stereocenters. The molecule has 0 spiro atoms. The summed E-state index contributed by atoms with van der Waals surface area (Å²) >= 11 is 6.08. The number of ether oxygens (including phenoxy) is 1. The van der Waals surface area contributed by atoms with E-state index in [9.17, 15) is 22.6 Å². The minimum atomic E-state index is -4.41. The van der Waals surface area contributed by atoms with Crippen LogP contribution in [-0.2, 0) is 19.7 Å². The van der Waals surface area contributed by atoms with Crippen LogP contribution in [0.2, 0.25) is 0 Å². The Labute approximate surface area is 216 Å². The quantitative estimate of drug-likeness (QED) is 0.215. The Morgan fingerprint density at radius 2 is 2.00 bits per heavy atom. The van der Waals surface area contributed by atoms with Crippen LogP contribution in [0.5, 0.6) is 5.75 Å². The van der Waals surface area contributed by atoms with Crippen molar-refractivity contribution in [1.29, 1.82) is 0 Å². The zero-order valence-corrected chi connectivity index (χ0v) is 21.6. The van der Waals surface area contributed by atoms with Gasteiger partial charge in [0.25, 0.3) is 5.91 Å². The standard InChI is InChI=1S/C19H18N2O7S3.Na/c1-12(10-15-18(24)21(11-17(22)23)19(29)30-15)6-7-16-20(8-9-31(25,26)27)13-4-2-3-5-14(13)28-16;/h2-7,10H,8-9,11H2,1H3,(H,22,23)(H,25,26,27);/q;+1/p-1/b12-6?,15-10+,16-7?;. The summed E-state index contributed by atoms with van der Waals surface area (Å²) in [4.78, 5) is 26.1. The van der Waals surface area contributed by atoms with Crippen molar-refractivity contribution in [3.63, 3.8) is 0 Å². The largest absolute Gasteiger partial charge is 1.00 e. The molecule has 0 saturated carbocycles. The van der Waals surface area contributed by atoms with Gasteiger partial charge in [-0.25, -0.2) is 8.42 Å². The molecule has 0 aliphatic carbocycles. The molecule has 32 heavy (non-hydrogen) atoms. The van der Waals surface area contributed by atoms with Crippen LogP contribution < -0.4 is 39.2 Å². The van der Waals surface area contributed by atoms with Gasteiger partial charge in [0.2, 0.25) is 5.88 Å². The fourth-order valence-corrected chi connectivity index (χ4v) is 4.55. The number of fused-ring (bicyclic) bond motifs is 1. The summed E-state index contributed by atoms with van der Waals surface area (Å²) in [6.07, 6.45) is 4.83. The van der Waals surface area contributed by atoms with E-state index in [1.54, 1.807) is 54.3 Å². The number of hydrogen-bond acceptors (Lipinski definition) is 9. The molecule has 0 unspecified atom stereocenters. The average Bonchev–Trinajstić information content (AvgIpc) is 3.16. The molecule has 3 rings (SSSR count). The van der Waals surface area contributed by atoms with E-state index in [0.717, 1.165) is 16.7 Å². The number of allylic oxidation sites excluding steroid dienone is 4. The van der Waals surface area contributed by atoms with Crippen molar-refractivity contribution >= 4 is 56.0 Å². The first-order valence-corrected chi connectivity index (χ1v) is 11.7. The van der Waals surface area contributed by atoms with Gasteiger partial charge in [-0.3, -0.25) is 14.5 Å². The number of carbonyl (C=O) groups excluding carboxylic acids is 1. The molecule has 1 saturated heterocycles. The molecule has 2 aliphatic rings. The van der Waals surface area contributed by atoms with Crippen molar-refractivity contribution in [3.8, 4) is 5.75 Å². The van der Waals surface area contributed by atoms with E-state index < -0.39 is 34.3 Å². The third kappa shape index (κ3) is 6.67. The van der Waals surface area contributed by atoms with Crippen LogP contribution in [0.25, 0.3) is 0 Å². The van der Waals surface area contributed by atoms with Gasteiger partial charge in [0.1, 0.15) is 10.9 Å². The SMILES string of the molecule is CC(=CC=C1Oc2ccccc2N1CCS(=O)(=O)[O-])/C=C1/SC(=S)N(CC(=O)O)C1=O.[Na+]. The van der Waals surface area contributed by atoms with E-state index in [0.29, 0.717) is 27.8 Å². The maximum atomic E-state index is 12.4. The van der Waals surface area contributed by atoms with Gasteiger partial charge in [-0.2, -0.15) is 0 Å². The van der Waals surface area contributed by atoms with Crippen molar-refractivity contribution in [1.82, 2.24) is 4.90 Å². The summed E-state index contributed by atoms with van der Waals surface area (Å²) in [7, 11) is -4.41. The summed E-state index contributed by atoms with van der Waals surface area (Å²) in [5.41, 5.74) is 1.29. The molecular formula is C19H17N2NaO7S3. The number of thioether (sulfide) groups is 1. The predicted octanol–water partition coefficient (Wildman–Crippen LogP) is -0.949. The maximum absolute atomic E-state index is 12.4. The van der Waals surface area contributed by atoms with Gasteiger partial charge in [0, 0.05) is 6.54 Å². The monoisotopic (exact) mass is 504 g/mol. The van der Waals surface area contributed by atoms with Crippen LogP contribution in [0.3, 0.4) is 0 Å².